The van der Waals surface area contributed by atoms with Crippen molar-refractivity contribution in [1.82, 2.24) is 9.13 Å². The van der Waals surface area contributed by atoms with Crippen LogP contribution in [-0.2, 0) is 14.1 Å². The molecule has 4 heterocycles. The van der Waals surface area contributed by atoms with Crippen molar-refractivity contribution in [2.45, 2.75) is 51.2 Å². The first kappa shape index (κ1) is 22.7. The first-order valence-corrected chi connectivity index (χ1v) is 12.3. The molecule has 6 nitrogen and oxygen atoms in total. The molecule has 0 aliphatic carbocycles. The summed E-state index contributed by atoms with van der Waals surface area (Å²) in [5, 5.41) is 1.80. The number of rotatable bonds is 1. The molecule has 0 fully saturated rings. The van der Waals surface area contributed by atoms with E-state index in [0.717, 1.165) is 27.4 Å². The molecule has 2 aliphatic rings. The van der Waals surface area contributed by atoms with Crippen LogP contribution in [0.25, 0.3) is 27.9 Å². The predicted octanol–water partition coefficient (Wildman–Crippen LogP) is 5.29. The largest absolute Gasteiger partial charge is 0.487 e. The topological polar surface area (TPSA) is 62.5 Å². The maximum atomic E-state index is 13.8. The molecule has 4 aromatic rings. The minimum absolute atomic E-state index is 0.0851. The lowest BCUT2D eigenvalue weighted by Gasteiger charge is -2.44. The first-order valence-electron chi connectivity index (χ1n) is 12.3. The third kappa shape index (κ3) is 3.10. The summed E-state index contributed by atoms with van der Waals surface area (Å²) in [6.45, 7) is 8.13. The average Bonchev–Trinajstić information content (AvgIpc) is 2.84. The molecule has 0 bridgehead atoms. The summed E-state index contributed by atoms with van der Waals surface area (Å²) in [5.41, 5.74) is 2.25. The lowest BCUT2D eigenvalue weighted by Crippen LogP contribution is -2.45. The van der Waals surface area contributed by atoms with Gasteiger partial charge in [-0.3, -0.25) is 9.59 Å². The van der Waals surface area contributed by atoms with Gasteiger partial charge in [-0.05, 0) is 70.0 Å². The van der Waals surface area contributed by atoms with E-state index < -0.39 is 11.2 Å². The Balaban J connectivity index is 1.68. The Bertz CT molecular complexity index is 1740. The lowest BCUT2D eigenvalue weighted by molar-refractivity contribution is 0.0677. The van der Waals surface area contributed by atoms with Crippen LogP contribution in [-0.4, -0.2) is 20.3 Å². The third-order valence-corrected chi connectivity index (χ3v) is 7.73. The van der Waals surface area contributed by atoms with E-state index in [-0.39, 0.29) is 17.0 Å². The number of nitrogens with zero attached hydrogens (tertiary/aromatic N) is 2. The monoisotopic (exact) mass is 482 g/mol. The lowest BCUT2D eigenvalue weighted by atomic mass is 9.73. The number of aryl methyl sites for hydroxylation is 2. The van der Waals surface area contributed by atoms with Gasteiger partial charge in [0.05, 0.1) is 22.2 Å². The van der Waals surface area contributed by atoms with E-state index in [2.05, 4.69) is 0 Å². The smallest absolute Gasteiger partial charge is 0.261 e. The van der Waals surface area contributed by atoms with Gasteiger partial charge in [0.15, 0.2) is 0 Å². The standard InChI is InChI=1S/C30H30N2O4/c1-29(2)16-20(24-26(35-29)18-12-8-10-14-23(18)32(6)28(24)34)21-15-19-25(36-30(21,3)4)17-11-7-9-13-22(17)31(5)27(19)33/h7-15,20H,16H2,1-6H3. The number of pyridine rings is 2. The summed E-state index contributed by atoms with van der Waals surface area (Å²) >= 11 is 0. The molecule has 36 heavy (non-hydrogen) atoms. The van der Waals surface area contributed by atoms with Crippen LogP contribution in [0.3, 0.4) is 0 Å². The normalized spacial score (nSPS) is 19.7. The zero-order valence-electron chi connectivity index (χ0n) is 21.5. The van der Waals surface area contributed by atoms with Crippen molar-refractivity contribution in [3.8, 4) is 11.5 Å². The van der Waals surface area contributed by atoms with E-state index in [9.17, 15) is 9.59 Å². The van der Waals surface area contributed by atoms with Crippen LogP contribution in [0.15, 0.2) is 63.7 Å². The Hall–Kier alpha value is -3.80. The van der Waals surface area contributed by atoms with Crippen LogP contribution in [0.1, 0.15) is 51.2 Å². The molecule has 1 unspecified atom stereocenters. The molecule has 0 saturated carbocycles. The second-order valence-corrected chi connectivity index (χ2v) is 11.1. The zero-order valence-corrected chi connectivity index (χ0v) is 21.5. The van der Waals surface area contributed by atoms with E-state index >= 15 is 0 Å². The second kappa shape index (κ2) is 7.36. The van der Waals surface area contributed by atoms with Gasteiger partial charge in [-0.2, -0.15) is 0 Å². The number of benzene rings is 2. The highest BCUT2D eigenvalue weighted by molar-refractivity contribution is 5.91. The molecule has 2 aromatic carbocycles. The summed E-state index contributed by atoms with van der Waals surface area (Å²) in [5.74, 6) is 0.954. The Morgan fingerprint density at radius 3 is 1.97 bits per heavy atom. The van der Waals surface area contributed by atoms with Crippen molar-refractivity contribution in [2.75, 3.05) is 0 Å². The third-order valence-electron chi connectivity index (χ3n) is 7.73. The molecule has 2 aromatic heterocycles. The van der Waals surface area contributed by atoms with Gasteiger partial charge in [0.2, 0.25) is 0 Å². The molecule has 184 valence electrons. The number of para-hydroxylation sites is 2. The molecule has 0 saturated heterocycles. The molecular formula is C30H30N2O4. The zero-order chi connectivity index (χ0) is 25.6. The summed E-state index contributed by atoms with van der Waals surface area (Å²) in [6.07, 6.45) is 2.56. The maximum Gasteiger partial charge on any atom is 0.261 e. The minimum atomic E-state index is -0.742. The highest BCUT2D eigenvalue weighted by atomic mass is 16.5. The summed E-state index contributed by atoms with van der Waals surface area (Å²) in [4.78, 5) is 27.3. The van der Waals surface area contributed by atoms with Crippen molar-refractivity contribution < 1.29 is 9.47 Å². The molecule has 0 radical (unpaired) electrons. The van der Waals surface area contributed by atoms with Crippen molar-refractivity contribution in [3.63, 3.8) is 0 Å². The number of hydrogen-bond acceptors (Lipinski definition) is 4. The fourth-order valence-corrected chi connectivity index (χ4v) is 5.98. The molecule has 0 spiro atoms. The minimum Gasteiger partial charge on any atom is -0.487 e. The van der Waals surface area contributed by atoms with Crippen molar-refractivity contribution in [3.05, 3.63) is 85.9 Å². The molecule has 0 amide bonds. The number of hydrogen-bond donors (Lipinski definition) is 0. The van der Waals surface area contributed by atoms with Gasteiger partial charge in [-0.25, -0.2) is 0 Å². The quantitative estimate of drug-likeness (QED) is 0.370. The van der Waals surface area contributed by atoms with E-state index in [0.29, 0.717) is 29.0 Å². The highest BCUT2D eigenvalue weighted by Crippen LogP contribution is 2.51. The Morgan fingerprint density at radius 2 is 1.33 bits per heavy atom. The van der Waals surface area contributed by atoms with Gasteiger partial charge in [-0.15, -0.1) is 0 Å². The SMILES string of the molecule is Cn1c(=O)c2c(c3ccccc31)OC(C)(C)C(C1CC(C)(C)Oc3c1c(=O)n(C)c1ccccc31)=C2. The van der Waals surface area contributed by atoms with Gasteiger partial charge in [0.1, 0.15) is 22.7 Å². The van der Waals surface area contributed by atoms with Crippen molar-refractivity contribution in [1.29, 1.82) is 0 Å². The Kier molecular flexibility index (Phi) is 4.63. The molecular weight excluding hydrogens is 452 g/mol. The molecule has 0 N–H and O–H groups in total. The van der Waals surface area contributed by atoms with E-state index in [1.54, 1.807) is 23.2 Å². The fraction of sp³-hybridized carbons (Fsp3) is 0.333. The maximum absolute atomic E-state index is 13.8. The summed E-state index contributed by atoms with van der Waals surface area (Å²) < 4.78 is 16.5. The number of ether oxygens (including phenoxy) is 2. The van der Waals surface area contributed by atoms with Gasteiger partial charge in [0, 0.05) is 30.8 Å². The molecule has 1 atom stereocenters. The average molecular weight is 483 g/mol. The van der Waals surface area contributed by atoms with E-state index in [1.807, 2.05) is 82.3 Å². The van der Waals surface area contributed by atoms with Crippen LogP contribution >= 0.6 is 0 Å². The van der Waals surface area contributed by atoms with Crippen molar-refractivity contribution >= 4 is 27.9 Å². The molecule has 6 heteroatoms. The van der Waals surface area contributed by atoms with Crippen LogP contribution in [0, 0.1) is 0 Å². The fourth-order valence-electron chi connectivity index (χ4n) is 5.98. The van der Waals surface area contributed by atoms with Gasteiger partial charge >= 0.3 is 0 Å². The van der Waals surface area contributed by atoms with Gasteiger partial charge in [-0.1, -0.05) is 24.3 Å². The van der Waals surface area contributed by atoms with E-state index in [1.165, 1.54) is 0 Å². The highest BCUT2D eigenvalue weighted by Gasteiger charge is 2.45. The number of fused-ring (bicyclic) bond motifs is 6. The summed E-state index contributed by atoms with van der Waals surface area (Å²) in [7, 11) is 3.59. The van der Waals surface area contributed by atoms with Crippen LogP contribution < -0.4 is 20.6 Å². The molecule has 2 aliphatic heterocycles. The van der Waals surface area contributed by atoms with Crippen LogP contribution in [0.2, 0.25) is 0 Å². The predicted molar refractivity (Wildman–Crippen MR) is 143 cm³/mol. The van der Waals surface area contributed by atoms with Crippen LogP contribution in [0.4, 0.5) is 0 Å². The second-order valence-electron chi connectivity index (χ2n) is 11.1. The Labute approximate surface area is 209 Å². The van der Waals surface area contributed by atoms with Gasteiger partial charge in [0.25, 0.3) is 11.1 Å². The van der Waals surface area contributed by atoms with Crippen molar-refractivity contribution in [2.24, 2.45) is 14.1 Å². The number of aromatic nitrogens is 2. The van der Waals surface area contributed by atoms with Gasteiger partial charge < -0.3 is 18.6 Å². The van der Waals surface area contributed by atoms with Crippen LogP contribution in [0.5, 0.6) is 11.5 Å². The van der Waals surface area contributed by atoms with E-state index in [4.69, 9.17) is 9.47 Å². The molecule has 6 rings (SSSR count). The first-order chi connectivity index (χ1) is 17.0. The Morgan fingerprint density at radius 1 is 0.778 bits per heavy atom. The summed E-state index contributed by atoms with van der Waals surface area (Å²) in [6, 6.07) is 15.6.